The Hall–Kier alpha value is -1.88. The summed E-state index contributed by atoms with van der Waals surface area (Å²) in [6.07, 6.45) is 4.60. The van der Waals surface area contributed by atoms with Gasteiger partial charge in [0.15, 0.2) is 0 Å². The van der Waals surface area contributed by atoms with Gasteiger partial charge in [-0.1, -0.05) is 25.0 Å². The van der Waals surface area contributed by atoms with Crippen LogP contribution in [-0.4, -0.2) is 23.0 Å². The van der Waals surface area contributed by atoms with Crippen LogP contribution in [0.2, 0.25) is 0 Å². The summed E-state index contributed by atoms with van der Waals surface area (Å²) in [5.74, 6) is -0.104. The number of anilines is 1. The second-order valence-corrected chi connectivity index (χ2v) is 6.76. The first-order chi connectivity index (χ1) is 11.1. The fraction of sp³-hybridized carbons (Fsp3) is 0.556. The minimum absolute atomic E-state index is 0.0852. The van der Waals surface area contributed by atoms with E-state index in [2.05, 4.69) is 10.6 Å². The lowest BCUT2D eigenvalue weighted by Gasteiger charge is -2.53. The van der Waals surface area contributed by atoms with Crippen molar-refractivity contribution in [2.45, 2.75) is 45.2 Å². The lowest BCUT2D eigenvalue weighted by Crippen LogP contribution is -2.61. The third-order valence-corrected chi connectivity index (χ3v) is 5.29. The highest BCUT2D eigenvalue weighted by Crippen LogP contribution is 2.49. The standard InChI is InChI=1S/C18H24N2O3/c1-11(21)20-13-8-6-12(7-9-13)10-19-17-15-5-3-2-4-14(15)16(17)18(22)23/h6-9,14-17,19H,2-5,10H2,1H3,(H,20,21)(H,22,23)/t14-,15+,16-,17-/m0/s1. The number of fused-ring (bicyclic) bond motifs is 1. The molecule has 23 heavy (non-hydrogen) atoms. The Morgan fingerprint density at radius 3 is 2.39 bits per heavy atom. The molecular weight excluding hydrogens is 292 g/mol. The maximum Gasteiger partial charge on any atom is 0.308 e. The number of hydrogen-bond acceptors (Lipinski definition) is 3. The maximum absolute atomic E-state index is 11.5. The van der Waals surface area contributed by atoms with Crippen LogP contribution < -0.4 is 10.6 Å². The minimum Gasteiger partial charge on any atom is -0.481 e. The van der Waals surface area contributed by atoms with E-state index in [1.165, 1.54) is 19.8 Å². The van der Waals surface area contributed by atoms with Gasteiger partial charge >= 0.3 is 5.97 Å². The first kappa shape index (κ1) is 16.0. The summed E-state index contributed by atoms with van der Waals surface area (Å²) < 4.78 is 0. The third kappa shape index (κ3) is 3.39. The zero-order chi connectivity index (χ0) is 16.4. The van der Waals surface area contributed by atoms with E-state index in [4.69, 9.17) is 0 Å². The Labute approximate surface area is 136 Å². The number of carbonyl (C=O) groups excluding carboxylic acids is 1. The van der Waals surface area contributed by atoms with Gasteiger partial charge in [-0.15, -0.1) is 0 Å². The summed E-state index contributed by atoms with van der Waals surface area (Å²) in [6, 6.07) is 7.76. The van der Waals surface area contributed by atoms with Gasteiger partial charge in [-0.25, -0.2) is 0 Å². The molecule has 0 heterocycles. The second-order valence-electron chi connectivity index (χ2n) is 6.76. The predicted octanol–water partition coefficient (Wildman–Crippen LogP) is 2.62. The zero-order valence-electron chi connectivity index (χ0n) is 13.4. The molecule has 2 fully saturated rings. The molecule has 0 bridgehead atoms. The highest BCUT2D eigenvalue weighted by molar-refractivity contribution is 5.88. The Morgan fingerprint density at radius 1 is 1.13 bits per heavy atom. The van der Waals surface area contributed by atoms with Crippen LogP contribution in [0, 0.1) is 17.8 Å². The summed E-state index contributed by atoms with van der Waals surface area (Å²) >= 11 is 0. The molecule has 3 N–H and O–H groups in total. The predicted molar refractivity (Wildman–Crippen MR) is 87.9 cm³/mol. The molecule has 124 valence electrons. The van der Waals surface area contributed by atoms with Crippen LogP contribution in [-0.2, 0) is 16.1 Å². The maximum atomic E-state index is 11.5. The fourth-order valence-electron chi connectivity index (χ4n) is 4.23. The molecule has 1 aromatic rings. The Balaban J connectivity index is 1.58. The Morgan fingerprint density at radius 2 is 1.78 bits per heavy atom. The molecule has 4 atom stereocenters. The minimum atomic E-state index is -0.661. The van der Waals surface area contributed by atoms with Crippen LogP contribution in [0.4, 0.5) is 5.69 Å². The molecule has 5 nitrogen and oxygen atoms in total. The van der Waals surface area contributed by atoms with Gasteiger partial charge in [0.1, 0.15) is 0 Å². The highest BCUT2D eigenvalue weighted by Gasteiger charge is 2.53. The normalized spacial score (nSPS) is 29.3. The summed E-state index contributed by atoms with van der Waals surface area (Å²) in [7, 11) is 0. The number of carboxylic acids is 1. The van der Waals surface area contributed by atoms with Crippen molar-refractivity contribution in [2.24, 2.45) is 17.8 Å². The number of nitrogens with one attached hydrogen (secondary N) is 2. The van der Waals surface area contributed by atoms with Crippen molar-refractivity contribution in [1.82, 2.24) is 5.32 Å². The topological polar surface area (TPSA) is 78.4 Å². The van der Waals surface area contributed by atoms with Crippen LogP contribution in [0.1, 0.15) is 38.2 Å². The van der Waals surface area contributed by atoms with Crippen LogP contribution in [0.5, 0.6) is 0 Å². The first-order valence-electron chi connectivity index (χ1n) is 8.39. The van der Waals surface area contributed by atoms with Gasteiger partial charge in [0.05, 0.1) is 5.92 Å². The van der Waals surface area contributed by atoms with Crippen LogP contribution in [0.25, 0.3) is 0 Å². The molecule has 0 spiro atoms. The molecule has 5 heteroatoms. The van der Waals surface area contributed by atoms with E-state index in [1.54, 1.807) is 0 Å². The van der Waals surface area contributed by atoms with E-state index in [9.17, 15) is 14.7 Å². The van der Waals surface area contributed by atoms with Crippen molar-refractivity contribution in [3.8, 4) is 0 Å². The van der Waals surface area contributed by atoms with Crippen molar-refractivity contribution in [3.63, 3.8) is 0 Å². The monoisotopic (exact) mass is 316 g/mol. The van der Waals surface area contributed by atoms with Crippen molar-refractivity contribution in [2.75, 3.05) is 5.32 Å². The lowest BCUT2D eigenvalue weighted by atomic mass is 9.55. The number of carbonyl (C=O) groups is 2. The van der Waals surface area contributed by atoms with Crippen LogP contribution in [0.3, 0.4) is 0 Å². The SMILES string of the molecule is CC(=O)Nc1ccc(CN[C@H]2[C@@H]3CCCC[C@@H]3[C@@H]2C(=O)O)cc1. The molecule has 1 aromatic carbocycles. The van der Waals surface area contributed by atoms with Gasteiger partial charge in [-0.2, -0.15) is 0 Å². The van der Waals surface area contributed by atoms with Crippen molar-refractivity contribution in [1.29, 1.82) is 0 Å². The average molecular weight is 316 g/mol. The van der Waals surface area contributed by atoms with Gasteiger partial charge in [0.2, 0.25) is 5.91 Å². The molecule has 1 amide bonds. The average Bonchev–Trinajstić information content (AvgIpc) is 2.49. The van der Waals surface area contributed by atoms with E-state index in [-0.39, 0.29) is 17.9 Å². The van der Waals surface area contributed by atoms with E-state index in [1.807, 2.05) is 24.3 Å². The van der Waals surface area contributed by atoms with E-state index in [0.717, 1.165) is 24.1 Å². The number of aliphatic carboxylic acids is 1. The third-order valence-electron chi connectivity index (χ3n) is 5.29. The van der Waals surface area contributed by atoms with Crippen molar-refractivity contribution < 1.29 is 14.7 Å². The van der Waals surface area contributed by atoms with E-state index in [0.29, 0.717) is 18.4 Å². The summed E-state index contributed by atoms with van der Waals surface area (Å²) in [5.41, 5.74) is 1.88. The van der Waals surface area contributed by atoms with Crippen LogP contribution >= 0.6 is 0 Å². The molecule has 0 saturated heterocycles. The smallest absolute Gasteiger partial charge is 0.308 e. The Kier molecular flexibility index (Phi) is 4.66. The Bertz CT molecular complexity index is 584. The number of amides is 1. The molecular formula is C18H24N2O3. The largest absolute Gasteiger partial charge is 0.481 e. The molecule has 3 rings (SSSR count). The quantitative estimate of drug-likeness (QED) is 0.780. The van der Waals surface area contributed by atoms with E-state index < -0.39 is 5.97 Å². The number of benzene rings is 1. The van der Waals surface area contributed by atoms with Crippen molar-refractivity contribution >= 4 is 17.6 Å². The van der Waals surface area contributed by atoms with Gasteiger partial charge in [-0.05, 0) is 42.4 Å². The number of hydrogen-bond donors (Lipinski definition) is 3. The second kappa shape index (κ2) is 6.71. The van der Waals surface area contributed by atoms with Gasteiger partial charge in [-0.3, -0.25) is 9.59 Å². The van der Waals surface area contributed by atoms with Gasteiger partial charge < -0.3 is 15.7 Å². The lowest BCUT2D eigenvalue weighted by molar-refractivity contribution is -0.157. The summed E-state index contributed by atoms with van der Waals surface area (Å²) in [6.45, 7) is 2.15. The number of rotatable bonds is 5. The first-order valence-corrected chi connectivity index (χ1v) is 8.39. The molecule has 2 aliphatic rings. The highest BCUT2D eigenvalue weighted by atomic mass is 16.4. The molecule has 0 radical (unpaired) electrons. The van der Waals surface area contributed by atoms with Crippen LogP contribution in [0.15, 0.2) is 24.3 Å². The fourth-order valence-corrected chi connectivity index (χ4v) is 4.23. The molecule has 0 aliphatic heterocycles. The van der Waals surface area contributed by atoms with E-state index >= 15 is 0 Å². The molecule has 0 aromatic heterocycles. The zero-order valence-corrected chi connectivity index (χ0v) is 13.4. The number of carboxylic acid groups (broad SMARTS) is 1. The summed E-state index contributed by atoms with van der Waals surface area (Å²) in [4.78, 5) is 22.5. The molecule has 2 aliphatic carbocycles. The molecule has 0 unspecified atom stereocenters. The van der Waals surface area contributed by atoms with Gasteiger partial charge in [0, 0.05) is 25.2 Å². The summed E-state index contributed by atoms with van der Waals surface area (Å²) in [5, 5.41) is 15.7. The van der Waals surface area contributed by atoms with Crippen molar-refractivity contribution in [3.05, 3.63) is 29.8 Å². The molecule has 2 saturated carbocycles. The van der Waals surface area contributed by atoms with Gasteiger partial charge in [0.25, 0.3) is 0 Å².